The van der Waals surface area contributed by atoms with Crippen molar-refractivity contribution in [3.63, 3.8) is 0 Å². The highest BCUT2D eigenvalue weighted by Crippen LogP contribution is 2.39. The maximum absolute atomic E-state index is 15.3. The first-order valence-corrected chi connectivity index (χ1v) is 12.5. The van der Waals surface area contributed by atoms with E-state index in [9.17, 15) is 0 Å². The van der Waals surface area contributed by atoms with E-state index in [-0.39, 0.29) is 12.4 Å². The Morgan fingerprint density at radius 3 is 2.70 bits per heavy atom. The molecule has 0 saturated heterocycles. The lowest BCUT2D eigenvalue weighted by Crippen LogP contribution is -2.17. The highest BCUT2D eigenvalue weighted by Gasteiger charge is 2.16. The van der Waals surface area contributed by atoms with Crippen molar-refractivity contribution < 1.29 is 9.13 Å². The third kappa shape index (κ3) is 6.19. The number of para-hydroxylation sites is 2. The molecule has 0 radical (unpaired) electrons. The number of anilines is 1. The van der Waals surface area contributed by atoms with Crippen LogP contribution in [0.4, 0.5) is 10.3 Å². The fourth-order valence-electron chi connectivity index (χ4n) is 3.78. The smallest absolute Gasteiger partial charge is 0.223 e. The number of nitrogens with one attached hydrogen (secondary N) is 2. The van der Waals surface area contributed by atoms with Gasteiger partial charge in [0.25, 0.3) is 0 Å². The van der Waals surface area contributed by atoms with Crippen molar-refractivity contribution in [2.24, 2.45) is 5.92 Å². The minimum atomic E-state index is -0.386. The zero-order valence-corrected chi connectivity index (χ0v) is 22.1. The Hall–Kier alpha value is -3.66. The molecule has 190 valence electrons. The molecular weight excluding hydrogens is 510 g/mol. The monoisotopic (exact) mass is 536 g/mol. The average Bonchev–Trinajstić information content (AvgIpc) is 3.19. The van der Waals surface area contributed by atoms with Crippen LogP contribution in [0, 0.1) is 24.1 Å². The molecule has 1 heterocycles. The van der Waals surface area contributed by atoms with Crippen LogP contribution in [0.25, 0.3) is 22.2 Å². The van der Waals surface area contributed by atoms with E-state index in [1.165, 1.54) is 6.07 Å². The van der Waals surface area contributed by atoms with Crippen molar-refractivity contribution in [1.82, 2.24) is 9.66 Å². The normalized spacial score (nSPS) is 10.9. The average molecular weight is 537 g/mol. The Bertz CT molecular complexity index is 1490. The van der Waals surface area contributed by atoms with Gasteiger partial charge in [-0.2, -0.15) is 0 Å². The fourth-order valence-corrected chi connectivity index (χ4v) is 4.33. The van der Waals surface area contributed by atoms with E-state index in [0.717, 1.165) is 11.0 Å². The van der Waals surface area contributed by atoms with Gasteiger partial charge in [-0.1, -0.05) is 67.9 Å². The molecule has 4 aromatic rings. The Labute approximate surface area is 226 Å². The molecule has 0 amide bonds. The molecule has 3 aromatic carbocycles. The van der Waals surface area contributed by atoms with E-state index < -0.39 is 0 Å². The van der Waals surface area contributed by atoms with Crippen LogP contribution in [-0.2, 0) is 6.54 Å². The quantitative estimate of drug-likeness (QED) is 0.202. The van der Waals surface area contributed by atoms with Gasteiger partial charge in [-0.25, -0.2) is 14.1 Å². The lowest BCUT2D eigenvalue weighted by molar-refractivity contribution is 0.272. The van der Waals surface area contributed by atoms with Gasteiger partial charge < -0.3 is 10.1 Å². The van der Waals surface area contributed by atoms with Crippen molar-refractivity contribution in [1.29, 1.82) is 0 Å². The Kier molecular flexibility index (Phi) is 8.27. The van der Waals surface area contributed by atoms with E-state index in [4.69, 9.17) is 34.4 Å². The van der Waals surface area contributed by atoms with E-state index in [1.54, 1.807) is 22.9 Å². The summed E-state index contributed by atoms with van der Waals surface area (Å²) in [4.78, 5) is 4.63. The predicted octanol–water partition coefficient (Wildman–Crippen LogP) is 7.88. The van der Waals surface area contributed by atoms with E-state index in [1.807, 2.05) is 44.2 Å². The Balaban J connectivity index is 1.60. The van der Waals surface area contributed by atoms with Crippen LogP contribution in [0.1, 0.15) is 25.8 Å². The second-order valence-corrected chi connectivity index (χ2v) is 9.83. The zero-order chi connectivity index (χ0) is 26.5. The topological polar surface area (TPSA) is 51.1 Å². The number of nitrogens with zero attached hydrogens (tertiary/aromatic N) is 2. The van der Waals surface area contributed by atoms with E-state index in [2.05, 4.69) is 28.2 Å². The zero-order valence-electron chi connectivity index (χ0n) is 20.6. The summed E-state index contributed by atoms with van der Waals surface area (Å²) >= 11 is 12.7. The second kappa shape index (κ2) is 11.6. The highest BCUT2D eigenvalue weighted by atomic mass is 35.5. The Morgan fingerprint density at radius 1 is 1.19 bits per heavy atom. The van der Waals surface area contributed by atoms with E-state index in [0.29, 0.717) is 63.1 Å². The molecule has 0 aliphatic rings. The van der Waals surface area contributed by atoms with Gasteiger partial charge in [-0.15, -0.1) is 12.3 Å². The van der Waals surface area contributed by atoms with Gasteiger partial charge in [-0.05, 0) is 41.8 Å². The first-order valence-electron chi connectivity index (χ1n) is 11.8. The first-order chi connectivity index (χ1) is 17.8. The third-order valence-corrected chi connectivity index (χ3v) is 6.02. The van der Waals surface area contributed by atoms with Gasteiger partial charge in [0, 0.05) is 34.8 Å². The number of halogens is 3. The summed E-state index contributed by atoms with van der Waals surface area (Å²) in [5, 5.41) is 4.05. The van der Waals surface area contributed by atoms with Gasteiger partial charge in [0.15, 0.2) is 0 Å². The number of rotatable bonds is 10. The van der Waals surface area contributed by atoms with Crippen LogP contribution in [-0.4, -0.2) is 16.3 Å². The van der Waals surface area contributed by atoms with Gasteiger partial charge in [-0.3, -0.25) is 5.43 Å². The molecule has 1 aromatic heterocycles. The molecule has 0 spiro atoms. The van der Waals surface area contributed by atoms with Crippen LogP contribution < -0.4 is 15.5 Å². The van der Waals surface area contributed by atoms with Gasteiger partial charge in [0.05, 0.1) is 22.7 Å². The van der Waals surface area contributed by atoms with Crippen LogP contribution >= 0.6 is 23.2 Å². The predicted molar refractivity (Wildman–Crippen MR) is 151 cm³/mol. The number of allylic oxidation sites excluding steroid dienone is 1. The van der Waals surface area contributed by atoms with Gasteiger partial charge in [0.1, 0.15) is 11.6 Å². The number of imidazole rings is 1. The minimum absolute atomic E-state index is 0.200. The fraction of sp³-hybridized carbons (Fsp3) is 0.207. The van der Waals surface area contributed by atoms with Crippen LogP contribution in [0.3, 0.4) is 0 Å². The number of fused-ring (bicyclic) bond motifs is 1. The van der Waals surface area contributed by atoms with Crippen LogP contribution in [0.2, 0.25) is 10.0 Å². The van der Waals surface area contributed by atoms with Crippen molar-refractivity contribution in [2.75, 3.05) is 17.3 Å². The number of benzene rings is 3. The molecular formula is C29H27Cl2FN4O. The summed E-state index contributed by atoms with van der Waals surface area (Å²) in [6, 6.07) is 16.0. The summed E-state index contributed by atoms with van der Waals surface area (Å²) in [5.41, 5.74) is 7.13. The molecule has 8 heteroatoms. The molecule has 2 N–H and O–H groups in total. The molecule has 0 bridgehead atoms. The highest BCUT2D eigenvalue weighted by molar-refractivity contribution is 6.36. The molecule has 0 saturated carbocycles. The molecule has 0 atom stereocenters. The molecule has 5 nitrogen and oxygen atoms in total. The molecule has 0 unspecified atom stereocenters. The SMILES string of the molecule is C#CCC(=C)Nn1c(NCc2ccc(-c3cc(Cl)cc(Cl)c3OCC(C)C)cc2F)nc2ccccc21. The van der Waals surface area contributed by atoms with Gasteiger partial charge >= 0.3 is 0 Å². The molecule has 0 aliphatic heterocycles. The van der Waals surface area contributed by atoms with Crippen LogP contribution in [0.15, 0.2) is 66.9 Å². The number of terminal acetylenes is 1. The van der Waals surface area contributed by atoms with Crippen molar-refractivity contribution in [3.8, 4) is 29.2 Å². The summed E-state index contributed by atoms with van der Waals surface area (Å²) in [5.74, 6) is 3.47. The molecule has 0 aliphatic carbocycles. The largest absolute Gasteiger partial charge is 0.491 e. The summed E-state index contributed by atoms with van der Waals surface area (Å²) in [6.07, 6.45) is 5.77. The maximum Gasteiger partial charge on any atom is 0.223 e. The maximum atomic E-state index is 15.3. The number of aromatic nitrogens is 2. The number of hydrogen-bond acceptors (Lipinski definition) is 4. The van der Waals surface area contributed by atoms with Crippen molar-refractivity contribution in [2.45, 2.75) is 26.8 Å². The lowest BCUT2D eigenvalue weighted by Gasteiger charge is -2.16. The third-order valence-electron chi connectivity index (χ3n) is 5.52. The van der Waals surface area contributed by atoms with Gasteiger partial charge in [0.2, 0.25) is 5.95 Å². The standard InChI is InChI=1S/C29H27Cl2FN4O/c1-5-8-19(4)35-36-27-10-7-6-9-26(27)34-29(36)33-16-21-12-11-20(13-25(21)32)23-14-22(30)15-24(31)28(23)37-17-18(2)3/h1,6-7,9-15,18,35H,4,8,16-17H2,2-3H3,(H,33,34). The first kappa shape index (κ1) is 26.4. The second-order valence-electron chi connectivity index (χ2n) is 8.98. The van der Waals surface area contributed by atoms with E-state index >= 15 is 4.39 Å². The molecule has 37 heavy (non-hydrogen) atoms. The van der Waals surface area contributed by atoms with Crippen molar-refractivity contribution >= 4 is 40.2 Å². The molecule has 0 fully saturated rings. The lowest BCUT2D eigenvalue weighted by atomic mass is 10.0. The summed E-state index contributed by atoms with van der Waals surface area (Å²) in [7, 11) is 0. The van der Waals surface area contributed by atoms with Crippen LogP contribution in [0.5, 0.6) is 5.75 Å². The summed E-state index contributed by atoms with van der Waals surface area (Å²) in [6.45, 7) is 8.72. The number of ether oxygens (including phenoxy) is 1. The summed E-state index contributed by atoms with van der Waals surface area (Å²) < 4.78 is 23.0. The molecule has 4 rings (SSSR count). The Morgan fingerprint density at radius 2 is 1.97 bits per heavy atom. The number of hydrogen-bond donors (Lipinski definition) is 2. The minimum Gasteiger partial charge on any atom is -0.491 e. The van der Waals surface area contributed by atoms with Crippen molar-refractivity contribution in [3.05, 3.63) is 88.3 Å².